The van der Waals surface area contributed by atoms with Crippen LogP contribution in [0.5, 0.6) is 5.75 Å². The Morgan fingerprint density at radius 3 is 2.18 bits per heavy atom. The normalized spacial score (nSPS) is 12.0. The van der Waals surface area contributed by atoms with Gasteiger partial charge in [0.15, 0.2) is 0 Å². The molecule has 1 aromatic carbocycles. The first-order chi connectivity index (χ1) is 8.21. The molecule has 0 heterocycles. The van der Waals surface area contributed by atoms with Crippen molar-refractivity contribution in [3.05, 3.63) is 35.5 Å². The zero-order chi connectivity index (χ0) is 12.7. The molecule has 0 aliphatic carbocycles. The molecule has 0 radical (unpaired) electrons. The number of ether oxygens (including phenoxy) is 1. The fraction of sp³-hybridized carbons (Fsp3) is 0.467. The van der Waals surface area contributed by atoms with Gasteiger partial charge in [0.2, 0.25) is 0 Å². The summed E-state index contributed by atoms with van der Waals surface area (Å²) in [5, 5.41) is 0. The molecule has 94 valence electrons. The van der Waals surface area contributed by atoms with Crippen molar-refractivity contribution < 1.29 is 4.74 Å². The van der Waals surface area contributed by atoms with E-state index in [1.54, 1.807) is 7.11 Å². The molecule has 1 nitrogen and oxygen atoms in total. The zero-order valence-electron chi connectivity index (χ0n) is 11.5. The van der Waals surface area contributed by atoms with Crippen LogP contribution in [0.3, 0.4) is 0 Å². The standard InChI is InChI=1S/C15H24OSi/c1-5-17(6-2,7-3)13-12-14-10-8-9-11-15(14)16-4/h8-13H,5-7H2,1-4H3/b13-12+. The van der Waals surface area contributed by atoms with Crippen molar-refractivity contribution in [1.29, 1.82) is 0 Å². The Hall–Kier alpha value is -1.02. The molecule has 0 saturated carbocycles. The Morgan fingerprint density at radius 2 is 1.65 bits per heavy atom. The molecule has 0 atom stereocenters. The summed E-state index contributed by atoms with van der Waals surface area (Å²) in [5.74, 6) is 0.968. The molecule has 1 rings (SSSR count). The number of rotatable bonds is 6. The Bertz CT molecular complexity index is 359. The van der Waals surface area contributed by atoms with Crippen LogP contribution in [-0.2, 0) is 0 Å². The Morgan fingerprint density at radius 1 is 1.06 bits per heavy atom. The average Bonchev–Trinajstić information content (AvgIpc) is 2.41. The zero-order valence-corrected chi connectivity index (χ0v) is 12.5. The van der Waals surface area contributed by atoms with E-state index in [-0.39, 0.29) is 0 Å². The predicted octanol–water partition coefficient (Wildman–Crippen LogP) is 4.76. The molecule has 2 heteroatoms. The first-order valence-electron chi connectivity index (χ1n) is 6.53. The molecule has 0 spiro atoms. The van der Waals surface area contributed by atoms with Crippen LogP contribution < -0.4 is 4.74 Å². The monoisotopic (exact) mass is 248 g/mol. The second-order valence-electron chi connectivity index (χ2n) is 4.50. The van der Waals surface area contributed by atoms with Gasteiger partial charge in [-0.15, -0.1) is 0 Å². The third kappa shape index (κ3) is 3.47. The summed E-state index contributed by atoms with van der Waals surface area (Å²) in [4.78, 5) is 0. The summed E-state index contributed by atoms with van der Waals surface area (Å²) in [6.07, 6.45) is 2.27. The third-order valence-electron chi connectivity index (χ3n) is 3.87. The summed E-state index contributed by atoms with van der Waals surface area (Å²) < 4.78 is 5.38. The van der Waals surface area contributed by atoms with Gasteiger partial charge in [0, 0.05) is 5.56 Å². The highest BCUT2D eigenvalue weighted by molar-refractivity contribution is 6.84. The Balaban J connectivity index is 2.95. The van der Waals surface area contributed by atoms with E-state index in [2.05, 4.69) is 44.7 Å². The molecule has 0 aromatic heterocycles. The van der Waals surface area contributed by atoms with Gasteiger partial charge in [0.1, 0.15) is 5.75 Å². The number of hydrogen-bond donors (Lipinski definition) is 0. The van der Waals surface area contributed by atoms with Gasteiger partial charge in [-0.2, -0.15) is 0 Å². The summed E-state index contributed by atoms with van der Waals surface area (Å²) >= 11 is 0. The molecule has 17 heavy (non-hydrogen) atoms. The van der Waals surface area contributed by atoms with Crippen molar-refractivity contribution in [2.75, 3.05) is 7.11 Å². The maximum absolute atomic E-state index is 5.38. The van der Waals surface area contributed by atoms with Crippen LogP contribution in [0.4, 0.5) is 0 Å². The largest absolute Gasteiger partial charge is 0.496 e. The lowest BCUT2D eigenvalue weighted by atomic mass is 10.2. The van der Waals surface area contributed by atoms with Crippen molar-refractivity contribution in [3.8, 4) is 5.75 Å². The molecular formula is C15H24OSi. The van der Waals surface area contributed by atoms with Crippen LogP contribution in [0, 0.1) is 0 Å². The van der Waals surface area contributed by atoms with Crippen LogP contribution in [0.2, 0.25) is 18.1 Å². The van der Waals surface area contributed by atoms with Gasteiger partial charge in [-0.25, -0.2) is 0 Å². The maximum atomic E-state index is 5.38. The molecule has 0 aliphatic heterocycles. The second-order valence-corrected chi connectivity index (χ2v) is 9.68. The maximum Gasteiger partial charge on any atom is 0.126 e. The lowest BCUT2D eigenvalue weighted by Crippen LogP contribution is -2.28. The number of hydrogen-bond acceptors (Lipinski definition) is 1. The van der Waals surface area contributed by atoms with E-state index in [0.717, 1.165) is 5.75 Å². The van der Waals surface area contributed by atoms with Crippen molar-refractivity contribution in [2.45, 2.75) is 38.9 Å². The topological polar surface area (TPSA) is 9.23 Å². The Kier molecular flexibility index (Phi) is 5.49. The van der Waals surface area contributed by atoms with E-state index in [1.807, 2.05) is 12.1 Å². The molecule has 0 amide bonds. The van der Waals surface area contributed by atoms with Gasteiger partial charge in [-0.3, -0.25) is 0 Å². The first-order valence-corrected chi connectivity index (χ1v) is 9.23. The van der Waals surface area contributed by atoms with Crippen molar-refractivity contribution in [1.82, 2.24) is 0 Å². The van der Waals surface area contributed by atoms with Gasteiger partial charge in [0.25, 0.3) is 0 Å². The van der Waals surface area contributed by atoms with Gasteiger partial charge < -0.3 is 4.74 Å². The summed E-state index contributed by atoms with van der Waals surface area (Å²) in [6.45, 7) is 6.98. The lowest BCUT2D eigenvalue weighted by Gasteiger charge is -2.23. The van der Waals surface area contributed by atoms with Crippen molar-refractivity contribution in [2.24, 2.45) is 0 Å². The molecule has 0 unspecified atom stereocenters. The summed E-state index contributed by atoms with van der Waals surface area (Å²) in [5.41, 5.74) is 3.69. The van der Waals surface area contributed by atoms with Gasteiger partial charge in [-0.05, 0) is 6.07 Å². The molecule has 0 bridgehead atoms. The fourth-order valence-corrected chi connectivity index (χ4v) is 4.91. The molecule has 0 fully saturated rings. The molecule has 1 aromatic rings. The highest BCUT2D eigenvalue weighted by Crippen LogP contribution is 2.25. The van der Waals surface area contributed by atoms with Crippen LogP contribution >= 0.6 is 0 Å². The molecule has 0 N–H and O–H groups in total. The number of benzene rings is 1. The summed E-state index contributed by atoms with van der Waals surface area (Å²) in [6, 6.07) is 12.2. The fourth-order valence-electron chi connectivity index (χ4n) is 2.17. The molecule has 0 aliphatic rings. The number of methoxy groups -OCH3 is 1. The minimum absolute atomic E-state index is 0.968. The van der Waals surface area contributed by atoms with Gasteiger partial charge >= 0.3 is 0 Å². The third-order valence-corrected chi connectivity index (χ3v) is 8.97. The summed E-state index contributed by atoms with van der Waals surface area (Å²) in [7, 11) is 0.561. The van der Waals surface area contributed by atoms with E-state index < -0.39 is 8.07 Å². The van der Waals surface area contributed by atoms with E-state index >= 15 is 0 Å². The highest BCUT2D eigenvalue weighted by Gasteiger charge is 2.22. The van der Waals surface area contributed by atoms with E-state index in [9.17, 15) is 0 Å². The van der Waals surface area contributed by atoms with Gasteiger partial charge in [0.05, 0.1) is 15.2 Å². The lowest BCUT2D eigenvalue weighted by molar-refractivity contribution is 0.414. The van der Waals surface area contributed by atoms with E-state index in [0.29, 0.717) is 0 Å². The highest BCUT2D eigenvalue weighted by atomic mass is 28.3. The first kappa shape index (κ1) is 14.0. The minimum Gasteiger partial charge on any atom is -0.496 e. The van der Waals surface area contributed by atoms with Crippen LogP contribution in [-0.4, -0.2) is 15.2 Å². The molecular weight excluding hydrogens is 224 g/mol. The minimum atomic E-state index is -1.17. The van der Waals surface area contributed by atoms with E-state index in [4.69, 9.17) is 4.74 Å². The van der Waals surface area contributed by atoms with Gasteiger partial charge in [-0.1, -0.05) is 68.9 Å². The van der Waals surface area contributed by atoms with Crippen LogP contribution in [0.1, 0.15) is 26.3 Å². The van der Waals surface area contributed by atoms with Crippen molar-refractivity contribution >= 4 is 14.1 Å². The van der Waals surface area contributed by atoms with Crippen LogP contribution in [0.25, 0.3) is 6.08 Å². The molecule has 0 saturated heterocycles. The second kappa shape index (κ2) is 6.65. The van der Waals surface area contributed by atoms with E-state index in [1.165, 1.54) is 23.7 Å². The van der Waals surface area contributed by atoms with Crippen LogP contribution in [0.15, 0.2) is 30.0 Å². The van der Waals surface area contributed by atoms with Crippen molar-refractivity contribution in [3.63, 3.8) is 0 Å². The Labute approximate surface area is 107 Å². The average molecular weight is 248 g/mol. The number of para-hydroxylation sites is 1. The SMILES string of the molecule is CC[Si](/C=C/c1ccccc1OC)(CC)CC. The predicted molar refractivity (Wildman–Crippen MR) is 79.2 cm³/mol. The smallest absolute Gasteiger partial charge is 0.126 e. The quantitative estimate of drug-likeness (QED) is 0.660.